The molecule has 6 nitrogen and oxygen atoms in total. The summed E-state index contributed by atoms with van der Waals surface area (Å²) in [7, 11) is 0. The maximum absolute atomic E-state index is 15.5. The summed E-state index contributed by atoms with van der Waals surface area (Å²) in [6, 6.07) is 7.83. The highest BCUT2D eigenvalue weighted by Gasteiger charge is 2.50. The minimum Gasteiger partial charge on any atom is -0.479 e. The molecule has 2 aromatic rings. The molecule has 0 radical (unpaired) electrons. The summed E-state index contributed by atoms with van der Waals surface area (Å²) in [5.74, 6) is 2.16. The van der Waals surface area contributed by atoms with Crippen LogP contribution in [0.3, 0.4) is 0 Å². The lowest BCUT2D eigenvalue weighted by Gasteiger charge is -2.41. The largest absolute Gasteiger partial charge is 0.479 e. The molecule has 3 rings (SSSR count). The lowest BCUT2D eigenvalue weighted by Crippen LogP contribution is -2.43. The molecule has 0 bridgehead atoms. The van der Waals surface area contributed by atoms with Gasteiger partial charge in [-0.2, -0.15) is 0 Å². The molecule has 1 aliphatic heterocycles. The van der Waals surface area contributed by atoms with Crippen molar-refractivity contribution in [3.63, 3.8) is 0 Å². The molecule has 1 fully saturated rings. The van der Waals surface area contributed by atoms with Crippen molar-refractivity contribution in [1.82, 2.24) is 4.98 Å². The molecule has 1 aliphatic rings. The standard InChI is InChI=1S/C29H36FN3O3/c1-7-13-36-22-10-12-25(32-16-22)27(34)33-21-9-11-24(30)23(15-21)29(18-35-17-19(29)3)20(8-2)14-26(31)28(4,5)6/h1,9-12,15-16,19-20,31H,8,13-14,17-18H2,2-6H3,(H,33,34). The van der Waals surface area contributed by atoms with E-state index in [1.54, 1.807) is 24.3 Å². The Labute approximate surface area is 213 Å². The van der Waals surface area contributed by atoms with E-state index in [0.717, 1.165) is 6.42 Å². The van der Waals surface area contributed by atoms with Gasteiger partial charge in [0, 0.05) is 16.8 Å². The Morgan fingerprint density at radius 2 is 2.14 bits per heavy atom. The fourth-order valence-corrected chi connectivity index (χ4v) is 4.90. The van der Waals surface area contributed by atoms with Crippen LogP contribution < -0.4 is 10.1 Å². The monoisotopic (exact) mass is 493 g/mol. The van der Waals surface area contributed by atoms with E-state index in [4.69, 9.17) is 21.3 Å². The van der Waals surface area contributed by atoms with Gasteiger partial charge < -0.3 is 20.2 Å². The van der Waals surface area contributed by atoms with Gasteiger partial charge in [-0.3, -0.25) is 4.79 Å². The van der Waals surface area contributed by atoms with Gasteiger partial charge in [-0.15, -0.1) is 6.42 Å². The van der Waals surface area contributed by atoms with Crippen LogP contribution in [0.15, 0.2) is 36.5 Å². The first-order valence-electron chi connectivity index (χ1n) is 12.3. The SMILES string of the molecule is C#CCOc1ccc(C(=O)Nc2ccc(F)c(C3(C(CC)CC(=N)C(C)(C)C)COCC3C)c2)nc1. The zero-order valence-electron chi connectivity index (χ0n) is 21.8. The Hall–Kier alpha value is -3.24. The molecule has 3 unspecified atom stereocenters. The van der Waals surface area contributed by atoms with Crippen LogP contribution in [0.4, 0.5) is 10.1 Å². The van der Waals surface area contributed by atoms with Gasteiger partial charge in [0.15, 0.2) is 0 Å². The summed E-state index contributed by atoms with van der Waals surface area (Å²) in [6.45, 7) is 11.3. The van der Waals surface area contributed by atoms with E-state index in [1.165, 1.54) is 12.3 Å². The van der Waals surface area contributed by atoms with Crippen molar-refractivity contribution < 1.29 is 18.7 Å². The van der Waals surface area contributed by atoms with Crippen molar-refractivity contribution >= 4 is 17.3 Å². The summed E-state index contributed by atoms with van der Waals surface area (Å²) in [6.07, 6.45) is 7.96. The number of pyridine rings is 1. The van der Waals surface area contributed by atoms with Crippen LogP contribution >= 0.6 is 0 Å². The number of hydrogen-bond acceptors (Lipinski definition) is 5. The predicted octanol–water partition coefficient (Wildman–Crippen LogP) is 5.87. The Balaban J connectivity index is 1.91. The molecule has 1 aromatic heterocycles. The number of benzene rings is 1. The summed E-state index contributed by atoms with van der Waals surface area (Å²) >= 11 is 0. The van der Waals surface area contributed by atoms with Gasteiger partial charge in [0.05, 0.1) is 19.4 Å². The van der Waals surface area contributed by atoms with Crippen LogP contribution in [0.5, 0.6) is 5.75 Å². The topological polar surface area (TPSA) is 84.3 Å². The van der Waals surface area contributed by atoms with Gasteiger partial charge in [-0.25, -0.2) is 9.37 Å². The molecule has 1 saturated heterocycles. The van der Waals surface area contributed by atoms with Gasteiger partial charge in [0.2, 0.25) is 0 Å². The third-order valence-corrected chi connectivity index (χ3v) is 7.18. The number of rotatable bonds is 9. The lowest BCUT2D eigenvalue weighted by atomic mass is 9.61. The Bertz CT molecular complexity index is 1130. The molecule has 36 heavy (non-hydrogen) atoms. The molecular weight excluding hydrogens is 457 g/mol. The van der Waals surface area contributed by atoms with Crippen molar-refractivity contribution in [3.05, 3.63) is 53.6 Å². The highest BCUT2D eigenvalue weighted by atomic mass is 19.1. The van der Waals surface area contributed by atoms with Crippen molar-refractivity contribution in [2.24, 2.45) is 17.3 Å². The van der Waals surface area contributed by atoms with Crippen molar-refractivity contribution in [2.75, 3.05) is 25.1 Å². The highest BCUT2D eigenvalue weighted by Crippen LogP contribution is 2.49. The Morgan fingerprint density at radius 1 is 1.39 bits per heavy atom. The molecule has 0 spiro atoms. The van der Waals surface area contributed by atoms with Gasteiger partial charge in [0.25, 0.3) is 5.91 Å². The molecule has 0 aliphatic carbocycles. The first-order chi connectivity index (χ1) is 17.0. The van der Waals surface area contributed by atoms with Crippen LogP contribution in [0.25, 0.3) is 0 Å². The molecule has 3 atom stereocenters. The Kier molecular flexibility index (Phi) is 8.52. The molecule has 0 saturated carbocycles. The second-order valence-electron chi connectivity index (χ2n) is 10.5. The van der Waals surface area contributed by atoms with E-state index in [0.29, 0.717) is 42.3 Å². The minimum atomic E-state index is -0.606. The molecule has 7 heteroatoms. The van der Waals surface area contributed by atoms with Crippen molar-refractivity contribution in [2.45, 2.75) is 52.9 Å². The normalized spacial score (nSPS) is 20.4. The van der Waals surface area contributed by atoms with Gasteiger partial charge in [-0.05, 0) is 59.6 Å². The zero-order valence-corrected chi connectivity index (χ0v) is 21.8. The molecular formula is C29H36FN3O3. The maximum Gasteiger partial charge on any atom is 0.274 e. The Morgan fingerprint density at radius 3 is 2.69 bits per heavy atom. The van der Waals surface area contributed by atoms with Gasteiger partial charge in [0.1, 0.15) is 23.9 Å². The van der Waals surface area contributed by atoms with E-state index in [9.17, 15) is 4.79 Å². The van der Waals surface area contributed by atoms with E-state index in [1.807, 2.05) is 20.8 Å². The third kappa shape index (κ3) is 5.76. The highest BCUT2D eigenvalue weighted by molar-refractivity contribution is 6.02. The number of carbonyl (C=O) groups excluding carboxylic acids is 1. The number of anilines is 1. The summed E-state index contributed by atoms with van der Waals surface area (Å²) in [5, 5.41) is 11.5. The molecule has 192 valence electrons. The number of nitrogens with zero attached hydrogens (tertiary/aromatic N) is 1. The van der Waals surface area contributed by atoms with Crippen molar-refractivity contribution in [1.29, 1.82) is 5.41 Å². The number of ether oxygens (including phenoxy) is 2. The number of halogens is 1. The van der Waals surface area contributed by atoms with Crippen LogP contribution in [0, 0.1) is 40.8 Å². The fourth-order valence-electron chi connectivity index (χ4n) is 4.90. The smallest absolute Gasteiger partial charge is 0.274 e. The number of aromatic nitrogens is 1. The molecule has 1 aromatic carbocycles. The minimum absolute atomic E-state index is 0.0133. The molecule has 2 heterocycles. The average molecular weight is 494 g/mol. The zero-order chi connectivity index (χ0) is 26.5. The summed E-state index contributed by atoms with van der Waals surface area (Å²) in [5.41, 5.74) is 0.963. The van der Waals surface area contributed by atoms with Gasteiger partial charge in [-0.1, -0.05) is 47.0 Å². The summed E-state index contributed by atoms with van der Waals surface area (Å²) in [4.78, 5) is 17.0. The summed E-state index contributed by atoms with van der Waals surface area (Å²) < 4.78 is 26.7. The van der Waals surface area contributed by atoms with Crippen LogP contribution in [0.1, 0.15) is 63.5 Å². The van der Waals surface area contributed by atoms with E-state index >= 15 is 4.39 Å². The number of nitrogens with one attached hydrogen (secondary N) is 2. The third-order valence-electron chi connectivity index (χ3n) is 7.18. The number of hydrogen-bond donors (Lipinski definition) is 2. The number of amides is 1. The average Bonchev–Trinajstić information content (AvgIpc) is 3.23. The van der Waals surface area contributed by atoms with Crippen LogP contribution in [-0.4, -0.2) is 36.4 Å². The molecule has 1 amide bonds. The van der Waals surface area contributed by atoms with E-state index in [-0.39, 0.29) is 35.4 Å². The van der Waals surface area contributed by atoms with Crippen LogP contribution in [0.2, 0.25) is 0 Å². The maximum atomic E-state index is 15.5. The van der Waals surface area contributed by atoms with Crippen molar-refractivity contribution in [3.8, 4) is 18.1 Å². The quantitative estimate of drug-likeness (QED) is 0.338. The predicted molar refractivity (Wildman–Crippen MR) is 140 cm³/mol. The first-order valence-corrected chi connectivity index (χ1v) is 12.3. The van der Waals surface area contributed by atoms with E-state index in [2.05, 4.69) is 30.1 Å². The molecule has 2 N–H and O–H groups in total. The van der Waals surface area contributed by atoms with E-state index < -0.39 is 11.3 Å². The number of terminal acetylenes is 1. The van der Waals surface area contributed by atoms with Gasteiger partial charge >= 0.3 is 0 Å². The first kappa shape index (κ1) is 27.3. The lowest BCUT2D eigenvalue weighted by molar-refractivity contribution is 0.102. The van der Waals surface area contributed by atoms with Crippen LogP contribution in [-0.2, 0) is 10.2 Å². The second-order valence-corrected chi connectivity index (χ2v) is 10.5. The fraction of sp³-hybridized carbons (Fsp3) is 0.483. The second kappa shape index (κ2) is 11.2. The number of carbonyl (C=O) groups is 1.